The molecule has 0 atom stereocenters. The second-order valence-corrected chi connectivity index (χ2v) is 6.99. The molecule has 0 spiro atoms. The summed E-state index contributed by atoms with van der Waals surface area (Å²) in [6, 6.07) is 4.70. The van der Waals surface area contributed by atoms with E-state index in [-0.39, 0.29) is 4.32 Å². The van der Waals surface area contributed by atoms with Crippen molar-refractivity contribution in [1.29, 1.82) is 0 Å². The van der Waals surface area contributed by atoms with Crippen LogP contribution in [0.3, 0.4) is 0 Å². The molecule has 1 aromatic rings. The SMILES string of the molecule is O=C(N1CCC(n2cccc2)CC1)C1(Br)CCC1. The summed E-state index contributed by atoms with van der Waals surface area (Å²) in [6.45, 7) is 1.80. The summed E-state index contributed by atoms with van der Waals surface area (Å²) < 4.78 is 2.06. The van der Waals surface area contributed by atoms with Gasteiger partial charge in [-0.05, 0) is 44.2 Å². The van der Waals surface area contributed by atoms with Crippen LogP contribution >= 0.6 is 15.9 Å². The van der Waals surface area contributed by atoms with E-state index in [1.165, 1.54) is 6.42 Å². The number of nitrogens with zero attached hydrogens (tertiary/aromatic N) is 2. The minimum Gasteiger partial charge on any atom is -0.351 e. The molecule has 1 aliphatic carbocycles. The van der Waals surface area contributed by atoms with Gasteiger partial charge in [0.15, 0.2) is 0 Å². The predicted molar refractivity (Wildman–Crippen MR) is 74.8 cm³/mol. The minimum absolute atomic E-state index is 0.215. The number of alkyl halides is 1. The molecule has 0 unspecified atom stereocenters. The van der Waals surface area contributed by atoms with Crippen LogP contribution in [-0.2, 0) is 4.79 Å². The molecule has 1 aliphatic heterocycles. The highest BCUT2D eigenvalue weighted by molar-refractivity contribution is 9.10. The smallest absolute Gasteiger partial charge is 0.239 e. The van der Waals surface area contributed by atoms with Gasteiger partial charge < -0.3 is 9.47 Å². The van der Waals surface area contributed by atoms with Crippen LogP contribution in [0.4, 0.5) is 0 Å². The van der Waals surface area contributed by atoms with Gasteiger partial charge in [-0.2, -0.15) is 0 Å². The van der Waals surface area contributed by atoms with Crippen molar-refractivity contribution in [2.75, 3.05) is 13.1 Å². The second-order valence-electron chi connectivity index (χ2n) is 5.47. The maximum absolute atomic E-state index is 12.4. The Morgan fingerprint density at radius 1 is 1.17 bits per heavy atom. The normalized spacial score (nSPS) is 23.7. The standard InChI is InChI=1S/C14H19BrN2O/c15-14(6-3-7-14)13(18)17-10-4-12(5-11-17)16-8-1-2-9-16/h1-2,8-9,12H,3-7,10-11H2. The number of rotatable bonds is 2. The molecule has 18 heavy (non-hydrogen) atoms. The van der Waals surface area contributed by atoms with Crippen molar-refractivity contribution in [1.82, 2.24) is 9.47 Å². The van der Waals surface area contributed by atoms with Crippen LogP contribution in [0, 0.1) is 0 Å². The minimum atomic E-state index is -0.215. The van der Waals surface area contributed by atoms with Gasteiger partial charge in [0.2, 0.25) is 5.91 Å². The van der Waals surface area contributed by atoms with Gasteiger partial charge >= 0.3 is 0 Å². The van der Waals surface area contributed by atoms with Crippen LogP contribution in [-0.4, -0.2) is 32.8 Å². The summed E-state index contributed by atoms with van der Waals surface area (Å²) >= 11 is 3.63. The molecule has 1 amide bonds. The first-order chi connectivity index (χ1) is 8.69. The summed E-state index contributed by atoms with van der Waals surface area (Å²) in [7, 11) is 0. The van der Waals surface area contributed by atoms with E-state index < -0.39 is 0 Å². The molecule has 2 aliphatic rings. The van der Waals surface area contributed by atoms with E-state index >= 15 is 0 Å². The van der Waals surface area contributed by atoms with Gasteiger partial charge in [-0.3, -0.25) is 4.79 Å². The molecule has 98 valence electrons. The first-order valence-electron chi connectivity index (χ1n) is 6.80. The number of halogens is 1. The Bertz CT molecular complexity index is 417. The van der Waals surface area contributed by atoms with Crippen LogP contribution in [0.2, 0.25) is 0 Å². The lowest BCUT2D eigenvalue weighted by Gasteiger charge is -2.41. The van der Waals surface area contributed by atoms with E-state index in [0.29, 0.717) is 11.9 Å². The molecule has 2 fully saturated rings. The van der Waals surface area contributed by atoms with E-state index in [4.69, 9.17) is 0 Å². The van der Waals surface area contributed by atoms with Gasteiger partial charge in [-0.1, -0.05) is 15.9 Å². The van der Waals surface area contributed by atoms with Gasteiger partial charge in [-0.15, -0.1) is 0 Å². The van der Waals surface area contributed by atoms with Crippen molar-refractivity contribution in [2.24, 2.45) is 0 Å². The third-order valence-electron chi connectivity index (χ3n) is 4.33. The van der Waals surface area contributed by atoms with Gasteiger partial charge in [0.1, 0.15) is 4.32 Å². The Morgan fingerprint density at radius 2 is 1.78 bits per heavy atom. The zero-order valence-electron chi connectivity index (χ0n) is 10.5. The summed E-state index contributed by atoms with van der Waals surface area (Å²) in [5.74, 6) is 0.319. The van der Waals surface area contributed by atoms with E-state index in [0.717, 1.165) is 38.8 Å². The van der Waals surface area contributed by atoms with E-state index in [2.05, 4.69) is 45.0 Å². The first-order valence-corrected chi connectivity index (χ1v) is 7.59. The zero-order valence-corrected chi connectivity index (χ0v) is 12.1. The fourth-order valence-corrected chi connectivity index (χ4v) is 3.75. The van der Waals surface area contributed by atoms with Crippen LogP contribution in [0.1, 0.15) is 38.1 Å². The number of piperidine rings is 1. The first kappa shape index (κ1) is 12.3. The van der Waals surface area contributed by atoms with Crippen molar-refractivity contribution in [3.63, 3.8) is 0 Å². The zero-order chi connectivity index (χ0) is 12.6. The molecule has 3 rings (SSSR count). The summed E-state index contributed by atoms with van der Waals surface area (Å²) in [4.78, 5) is 14.4. The van der Waals surface area contributed by atoms with Crippen LogP contribution in [0.15, 0.2) is 24.5 Å². The average Bonchev–Trinajstić information content (AvgIpc) is 2.89. The van der Waals surface area contributed by atoms with Gasteiger partial charge in [0.25, 0.3) is 0 Å². The lowest BCUT2D eigenvalue weighted by Crippen LogP contribution is -2.51. The van der Waals surface area contributed by atoms with E-state index in [1.54, 1.807) is 0 Å². The van der Waals surface area contributed by atoms with Gasteiger partial charge in [-0.25, -0.2) is 0 Å². The van der Waals surface area contributed by atoms with Gasteiger partial charge in [0.05, 0.1) is 0 Å². The molecule has 3 nitrogen and oxygen atoms in total. The number of hydrogen-bond acceptors (Lipinski definition) is 1. The number of likely N-dealkylation sites (tertiary alicyclic amines) is 1. The summed E-state index contributed by atoms with van der Waals surface area (Å²) in [5.41, 5.74) is 0. The fourth-order valence-electron chi connectivity index (χ4n) is 2.94. The Labute approximate surface area is 116 Å². The second kappa shape index (κ2) is 4.72. The van der Waals surface area contributed by atoms with Crippen molar-refractivity contribution in [3.05, 3.63) is 24.5 Å². The van der Waals surface area contributed by atoms with Crippen molar-refractivity contribution in [2.45, 2.75) is 42.5 Å². The summed E-state index contributed by atoms with van der Waals surface area (Å²) in [5, 5.41) is 0. The number of carbonyl (C=O) groups excluding carboxylic acids is 1. The molecule has 0 N–H and O–H groups in total. The maximum atomic E-state index is 12.4. The van der Waals surface area contributed by atoms with Gasteiger partial charge in [0, 0.05) is 31.5 Å². The van der Waals surface area contributed by atoms with Crippen molar-refractivity contribution in [3.8, 4) is 0 Å². The largest absolute Gasteiger partial charge is 0.351 e. The number of amides is 1. The predicted octanol–water partition coefficient (Wildman–Crippen LogP) is 2.97. The molecule has 0 radical (unpaired) electrons. The molecule has 0 bridgehead atoms. The third kappa shape index (κ3) is 2.11. The average molecular weight is 311 g/mol. The molecule has 1 saturated heterocycles. The number of hydrogen-bond donors (Lipinski definition) is 0. The van der Waals surface area contributed by atoms with Crippen LogP contribution in [0.5, 0.6) is 0 Å². The molecular weight excluding hydrogens is 292 g/mol. The van der Waals surface area contributed by atoms with Crippen molar-refractivity contribution < 1.29 is 4.79 Å². The molecule has 0 aromatic carbocycles. The van der Waals surface area contributed by atoms with Crippen LogP contribution in [0.25, 0.3) is 0 Å². The topological polar surface area (TPSA) is 25.2 Å². The highest BCUT2D eigenvalue weighted by Gasteiger charge is 2.44. The number of aromatic nitrogens is 1. The maximum Gasteiger partial charge on any atom is 0.239 e. The Hall–Kier alpha value is -0.770. The highest BCUT2D eigenvalue weighted by atomic mass is 79.9. The lowest BCUT2D eigenvalue weighted by molar-refractivity contribution is -0.137. The Balaban J connectivity index is 1.58. The monoisotopic (exact) mass is 310 g/mol. The van der Waals surface area contributed by atoms with Crippen molar-refractivity contribution >= 4 is 21.8 Å². The van der Waals surface area contributed by atoms with E-state index in [9.17, 15) is 4.79 Å². The molecular formula is C14H19BrN2O. The Morgan fingerprint density at radius 3 is 2.28 bits per heavy atom. The van der Waals surface area contributed by atoms with Crippen LogP contribution < -0.4 is 0 Å². The number of carbonyl (C=O) groups is 1. The molecule has 2 heterocycles. The summed E-state index contributed by atoms with van der Waals surface area (Å²) in [6.07, 6.45) is 9.58. The highest BCUT2D eigenvalue weighted by Crippen LogP contribution is 2.42. The quantitative estimate of drug-likeness (QED) is 0.771. The van der Waals surface area contributed by atoms with E-state index in [1.807, 2.05) is 4.90 Å². The molecule has 1 saturated carbocycles. The Kier molecular flexibility index (Phi) is 3.22. The lowest BCUT2D eigenvalue weighted by atomic mass is 9.83. The fraction of sp³-hybridized carbons (Fsp3) is 0.643. The molecule has 4 heteroatoms. The third-order valence-corrected chi connectivity index (χ3v) is 5.46. The molecule has 1 aromatic heterocycles.